The van der Waals surface area contributed by atoms with Crippen molar-refractivity contribution in [2.45, 2.75) is 77.2 Å². The second-order valence-electron chi connectivity index (χ2n) is 9.42. The summed E-state index contributed by atoms with van der Waals surface area (Å²) in [5, 5.41) is 3.87. The molecule has 1 heterocycles. The van der Waals surface area contributed by atoms with Crippen molar-refractivity contribution >= 4 is 28.7 Å². The van der Waals surface area contributed by atoms with Crippen LogP contribution in [0.15, 0.2) is 30.3 Å². The molecule has 1 saturated carbocycles. The number of nitrogens with one attached hydrogen (secondary N) is 2. The number of unbranched alkanes of at least 4 members (excludes halogenated alkanes) is 1. The number of hydrogen-bond acceptors (Lipinski definition) is 4. The topological polar surface area (TPSA) is 91.5 Å². The predicted molar refractivity (Wildman–Crippen MR) is 133 cm³/mol. The molecule has 186 valence electrons. The van der Waals surface area contributed by atoms with E-state index in [9.17, 15) is 14.4 Å². The molecule has 1 aromatic carbocycles. The number of amides is 2. The van der Waals surface area contributed by atoms with Gasteiger partial charge in [-0.15, -0.1) is 0 Å². The molecular weight excluding hydrogens is 430 g/mol. The maximum Gasteiger partial charge on any atom is 0.325 e. The molecule has 0 aliphatic heterocycles. The molecule has 0 saturated heterocycles. The van der Waals surface area contributed by atoms with E-state index in [0.717, 1.165) is 36.6 Å². The summed E-state index contributed by atoms with van der Waals surface area (Å²) in [4.78, 5) is 43.3. The van der Waals surface area contributed by atoms with Crippen LogP contribution >= 0.6 is 0 Å². The van der Waals surface area contributed by atoms with Gasteiger partial charge in [-0.2, -0.15) is 0 Å². The number of rotatable bonds is 12. The summed E-state index contributed by atoms with van der Waals surface area (Å²) in [6.45, 7) is 2.46. The molecule has 0 bridgehead atoms. The fraction of sp³-hybridized carbons (Fsp3) is 0.593. The predicted octanol–water partition coefficient (Wildman–Crippen LogP) is 4.82. The maximum atomic E-state index is 13.5. The summed E-state index contributed by atoms with van der Waals surface area (Å²) >= 11 is 0. The number of hydrogen-bond donors (Lipinski definition) is 2. The molecule has 0 radical (unpaired) electrons. The van der Waals surface area contributed by atoms with E-state index in [1.807, 2.05) is 24.3 Å². The number of H-pyrrole nitrogens is 1. The molecule has 7 heteroatoms. The molecule has 7 nitrogen and oxygen atoms in total. The second-order valence-corrected chi connectivity index (χ2v) is 9.42. The van der Waals surface area contributed by atoms with Gasteiger partial charge in [0.1, 0.15) is 18.3 Å². The minimum absolute atomic E-state index is 0.0924. The van der Waals surface area contributed by atoms with Crippen molar-refractivity contribution in [3.63, 3.8) is 0 Å². The molecule has 1 atom stereocenters. The van der Waals surface area contributed by atoms with Crippen molar-refractivity contribution in [1.82, 2.24) is 15.2 Å². The van der Waals surface area contributed by atoms with Crippen molar-refractivity contribution in [2.75, 3.05) is 20.2 Å². The summed E-state index contributed by atoms with van der Waals surface area (Å²) in [5.74, 6) is -0.263. The zero-order chi connectivity index (χ0) is 24.3. The van der Waals surface area contributed by atoms with E-state index in [4.69, 9.17) is 4.74 Å². The summed E-state index contributed by atoms with van der Waals surface area (Å²) < 4.78 is 4.85. The highest BCUT2D eigenvalue weighted by atomic mass is 16.5. The normalized spacial score (nSPS) is 15.1. The quantitative estimate of drug-likeness (QED) is 0.436. The second kappa shape index (κ2) is 13.2. The Morgan fingerprint density at radius 3 is 2.62 bits per heavy atom. The molecule has 2 amide bonds. The van der Waals surface area contributed by atoms with E-state index >= 15 is 0 Å². The number of methoxy groups -OCH3 is 1. The maximum absolute atomic E-state index is 13.5. The summed E-state index contributed by atoms with van der Waals surface area (Å²) in [6, 6.07) is 8.79. The summed E-state index contributed by atoms with van der Waals surface area (Å²) in [6.07, 6.45) is 10.6. The number of nitrogens with zero attached hydrogens (tertiary/aromatic N) is 1. The molecule has 0 spiro atoms. The minimum atomic E-state index is -0.682. The van der Waals surface area contributed by atoms with Crippen LogP contribution < -0.4 is 5.32 Å². The largest absolute Gasteiger partial charge is 0.468 e. The van der Waals surface area contributed by atoms with Crippen LogP contribution in [0.25, 0.3) is 10.9 Å². The van der Waals surface area contributed by atoms with E-state index in [1.54, 1.807) is 11.0 Å². The van der Waals surface area contributed by atoms with E-state index in [2.05, 4.69) is 17.2 Å². The number of benzene rings is 1. The van der Waals surface area contributed by atoms with Crippen LogP contribution in [0.1, 0.15) is 81.6 Å². The summed E-state index contributed by atoms with van der Waals surface area (Å²) in [7, 11) is 1.33. The number of aromatic nitrogens is 1. The molecule has 3 rings (SSSR count). The third kappa shape index (κ3) is 7.34. The average Bonchev–Trinajstić information content (AvgIpc) is 3.30. The lowest BCUT2D eigenvalue weighted by molar-refractivity contribution is -0.147. The first-order chi connectivity index (χ1) is 16.5. The van der Waals surface area contributed by atoms with Gasteiger partial charge in [-0.1, -0.05) is 70.1 Å². The lowest BCUT2D eigenvalue weighted by Gasteiger charge is -2.28. The van der Waals surface area contributed by atoms with Crippen molar-refractivity contribution in [3.8, 4) is 0 Å². The van der Waals surface area contributed by atoms with Gasteiger partial charge in [-0.3, -0.25) is 14.4 Å². The van der Waals surface area contributed by atoms with Gasteiger partial charge in [-0.25, -0.2) is 0 Å². The third-order valence-corrected chi connectivity index (χ3v) is 6.85. The van der Waals surface area contributed by atoms with Gasteiger partial charge in [0, 0.05) is 17.4 Å². The number of para-hydroxylation sites is 1. The number of esters is 1. The smallest absolute Gasteiger partial charge is 0.325 e. The lowest BCUT2D eigenvalue weighted by atomic mass is 9.86. The van der Waals surface area contributed by atoms with E-state index in [-0.39, 0.29) is 18.4 Å². The molecule has 0 unspecified atom stereocenters. The Morgan fingerprint density at radius 1 is 1.15 bits per heavy atom. The zero-order valence-electron chi connectivity index (χ0n) is 20.6. The highest BCUT2D eigenvalue weighted by molar-refractivity contribution is 6.00. The number of ether oxygens (including phenoxy) is 1. The van der Waals surface area contributed by atoms with Crippen LogP contribution in [0.3, 0.4) is 0 Å². The highest BCUT2D eigenvalue weighted by Gasteiger charge is 2.28. The number of fused-ring (bicyclic) bond motifs is 1. The molecule has 34 heavy (non-hydrogen) atoms. The average molecular weight is 470 g/mol. The van der Waals surface area contributed by atoms with Crippen LogP contribution in [-0.4, -0.2) is 53.9 Å². The zero-order valence-corrected chi connectivity index (χ0v) is 20.6. The Bertz CT molecular complexity index is 915. The van der Waals surface area contributed by atoms with Crippen molar-refractivity contribution < 1.29 is 19.1 Å². The SMILES string of the molecule is CCCC[C@H](NC(=O)c1cc2ccccc2[nH]1)C(=O)N(CCCC1CCCCC1)CC(=O)OC. The van der Waals surface area contributed by atoms with Gasteiger partial charge in [-0.05, 0) is 37.3 Å². The number of aromatic amines is 1. The molecule has 1 aliphatic rings. The third-order valence-electron chi connectivity index (χ3n) is 6.85. The number of carbonyl (C=O) groups excluding carboxylic acids is 3. The van der Waals surface area contributed by atoms with Gasteiger partial charge in [0.15, 0.2) is 0 Å². The number of carbonyl (C=O) groups is 3. The van der Waals surface area contributed by atoms with Gasteiger partial charge < -0.3 is 19.9 Å². The van der Waals surface area contributed by atoms with Gasteiger partial charge in [0.2, 0.25) is 5.91 Å². The first-order valence-corrected chi connectivity index (χ1v) is 12.8. The Labute approximate surface area is 202 Å². The van der Waals surface area contributed by atoms with Crippen molar-refractivity contribution in [1.29, 1.82) is 0 Å². The fourth-order valence-electron chi connectivity index (χ4n) is 4.85. The molecular formula is C27H39N3O4. The van der Waals surface area contributed by atoms with Crippen LogP contribution in [-0.2, 0) is 14.3 Å². The molecule has 2 N–H and O–H groups in total. The van der Waals surface area contributed by atoms with E-state index in [1.165, 1.54) is 39.2 Å². The van der Waals surface area contributed by atoms with Gasteiger partial charge in [0.05, 0.1) is 7.11 Å². The van der Waals surface area contributed by atoms with Crippen LogP contribution in [0, 0.1) is 5.92 Å². The molecule has 1 aliphatic carbocycles. The van der Waals surface area contributed by atoms with Gasteiger partial charge >= 0.3 is 5.97 Å². The van der Waals surface area contributed by atoms with E-state index in [0.29, 0.717) is 24.6 Å². The first kappa shape index (κ1) is 25.8. The van der Waals surface area contributed by atoms with Crippen LogP contribution in [0.4, 0.5) is 0 Å². The van der Waals surface area contributed by atoms with Crippen LogP contribution in [0.2, 0.25) is 0 Å². The lowest BCUT2D eigenvalue weighted by Crippen LogP contribution is -2.50. The summed E-state index contributed by atoms with van der Waals surface area (Å²) in [5.41, 5.74) is 1.30. The molecule has 2 aromatic rings. The Balaban J connectivity index is 1.68. The fourth-order valence-corrected chi connectivity index (χ4v) is 4.85. The molecule has 1 aromatic heterocycles. The minimum Gasteiger partial charge on any atom is -0.468 e. The molecule has 1 fully saturated rings. The Morgan fingerprint density at radius 2 is 1.91 bits per heavy atom. The highest BCUT2D eigenvalue weighted by Crippen LogP contribution is 2.27. The van der Waals surface area contributed by atoms with E-state index < -0.39 is 12.0 Å². The van der Waals surface area contributed by atoms with Crippen LogP contribution in [0.5, 0.6) is 0 Å². The van der Waals surface area contributed by atoms with Gasteiger partial charge in [0.25, 0.3) is 5.91 Å². The Kier molecular flexibility index (Phi) is 9.98. The van der Waals surface area contributed by atoms with Crippen molar-refractivity contribution in [2.24, 2.45) is 5.92 Å². The van der Waals surface area contributed by atoms with Crippen molar-refractivity contribution in [3.05, 3.63) is 36.0 Å². The standard InChI is InChI=1S/C27H39N3O4/c1-3-4-15-23(29-26(32)24-18-21-14-8-9-16-22(21)28-24)27(33)30(19-25(31)34-2)17-10-13-20-11-6-5-7-12-20/h8-9,14,16,18,20,23,28H,3-7,10-13,15,17,19H2,1-2H3,(H,29,32)/t23-/m0/s1. The Hall–Kier alpha value is -2.83. The monoisotopic (exact) mass is 469 g/mol. The first-order valence-electron chi connectivity index (χ1n) is 12.8.